The number of fused-ring (bicyclic) bond motifs is 4. The molecule has 1 atom stereocenters. The molecule has 14 heteroatoms. The van der Waals surface area contributed by atoms with Crippen molar-refractivity contribution in [3.63, 3.8) is 0 Å². The van der Waals surface area contributed by atoms with E-state index in [1.807, 2.05) is 174 Å². The van der Waals surface area contributed by atoms with Crippen LogP contribution in [0.2, 0.25) is 5.02 Å². The number of carbonyl (C=O) groups excluding carboxylic acids is 1. The van der Waals surface area contributed by atoms with Crippen LogP contribution in [-0.4, -0.2) is 46.2 Å². The van der Waals surface area contributed by atoms with E-state index in [0.717, 1.165) is 42.6 Å². The van der Waals surface area contributed by atoms with E-state index in [0.29, 0.717) is 20.7 Å². The maximum atomic E-state index is 12.3. The minimum Gasteiger partial charge on any atom is -0.267 e. The molecule has 330 valence electrons. The Kier molecular flexibility index (Phi) is 13.8. The summed E-state index contributed by atoms with van der Waals surface area (Å²) < 4.78 is 22.9. The molecule has 0 fully saturated rings. The first kappa shape index (κ1) is 45.4. The molecule has 1 aliphatic heterocycles. The monoisotopic (exact) mass is 1070 g/mol. The fraction of sp³-hybridized carbons (Fsp3) is 0.0189. The quantitative estimate of drug-likeness (QED) is 0.163. The van der Waals surface area contributed by atoms with Crippen LogP contribution in [0.15, 0.2) is 221 Å². The van der Waals surface area contributed by atoms with Gasteiger partial charge in [-0.3, -0.25) is 9.59 Å². The molecule has 0 spiro atoms. The van der Waals surface area contributed by atoms with Crippen LogP contribution in [0.5, 0.6) is 0 Å². The van der Waals surface area contributed by atoms with Crippen LogP contribution >= 0.6 is 34.7 Å². The van der Waals surface area contributed by atoms with Crippen LogP contribution in [0.4, 0.5) is 5.69 Å². The van der Waals surface area contributed by atoms with Gasteiger partial charge in [0, 0.05) is 5.02 Å². The molecule has 0 radical (unpaired) electrons. The van der Waals surface area contributed by atoms with E-state index in [-0.39, 0.29) is 37.3 Å². The van der Waals surface area contributed by atoms with Crippen molar-refractivity contribution in [2.45, 2.75) is 6.92 Å². The average molecular weight is 1070 g/mol. The molecule has 4 heterocycles. The normalized spacial score (nSPS) is 12.7. The third-order valence-electron chi connectivity index (χ3n) is 10.4. The maximum Gasteiger partial charge on any atom is 0.273 e. The largest absolute Gasteiger partial charge is 0.273 e. The van der Waals surface area contributed by atoms with Gasteiger partial charge < -0.3 is 0 Å². The molecule has 9 nitrogen and oxygen atoms in total. The first-order valence-corrected chi connectivity index (χ1v) is 26.7. The third-order valence-corrected chi connectivity index (χ3v) is 18.3. The molecule has 1 unspecified atom stereocenters. The summed E-state index contributed by atoms with van der Waals surface area (Å²) in [5.41, 5.74) is 5.45. The Labute approximate surface area is 407 Å². The van der Waals surface area contributed by atoms with E-state index >= 15 is 0 Å². The summed E-state index contributed by atoms with van der Waals surface area (Å²) in [5, 5.41) is 3.07. The van der Waals surface area contributed by atoms with Crippen molar-refractivity contribution in [3.8, 4) is 17.1 Å². The van der Waals surface area contributed by atoms with Crippen LogP contribution in [0.3, 0.4) is 0 Å². The van der Waals surface area contributed by atoms with Crippen LogP contribution < -0.4 is 25.1 Å². The van der Waals surface area contributed by atoms with Gasteiger partial charge in [-0.05, 0) is 67.6 Å². The number of nitrogens with zero attached hydrogens (tertiary/aromatic N) is 4. The number of anilines is 1. The summed E-state index contributed by atoms with van der Waals surface area (Å²) in [7, 11) is 0. The maximum absolute atomic E-state index is 12.3. The first-order valence-electron chi connectivity index (χ1n) is 20.8. The molecule has 0 N–H and O–H groups in total. The number of halogens is 1. The SMILES string of the molecule is Cc1ccc(-n2sc3ccccc3c2=O)cc1.O=C1c2ccccc2[Se](=O)N1c1ccccc1.O=c1c2ccccc2[se]n1-c1ccccc1.O=c1c2ccccc2sn1-c1ccc(Cl)cc1. The van der Waals surface area contributed by atoms with Gasteiger partial charge in [0.05, 0.1) is 31.5 Å². The Morgan fingerprint density at radius 3 is 1.46 bits per heavy atom. The fourth-order valence-corrected chi connectivity index (χ4v) is 14.0. The molecular weight excluding hydrogens is 1030 g/mol. The number of para-hydroxylation sites is 2. The number of aryl methyl sites for hydroxylation is 1. The van der Waals surface area contributed by atoms with Crippen molar-refractivity contribution < 1.29 is 8.63 Å². The van der Waals surface area contributed by atoms with Gasteiger partial charge in [-0.25, -0.2) is 7.91 Å². The van der Waals surface area contributed by atoms with E-state index in [9.17, 15) is 23.0 Å². The van der Waals surface area contributed by atoms with Gasteiger partial charge in [-0.15, -0.1) is 0 Å². The summed E-state index contributed by atoms with van der Waals surface area (Å²) in [5.74, 6) is -0.160. The Bertz CT molecular complexity index is 3570. The van der Waals surface area contributed by atoms with E-state index in [1.54, 1.807) is 50.4 Å². The second kappa shape index (κ2) is 20.4. The standard InChI is InChI=1S/C14H11NOS.C13H8ClNOS.C13H9NO2Se.C13H9NOSe/c1-10-6-8-11(9-7-10)15-14(16)12-4-2-3-5-13(12)17-15;14-9-5-7-10(8-6-9)15-13(16)11-3-1-2-4-12(11)17-15;15-13-11-8-4-5-9-12(11)17(16)14(13)10-6-2-1-3-7-10;15-13-11-8-4-5-9-12(11)16-14(13)10-6-2-1-3-7-10/h2-9H,1H3;1-8H;1-9H;1-9H. The molecule has 8 aromatic carbocycles. The topological polar surface area (TPSA) is 103 Å². The molecule has 3 aromatic heterocycles. The van der Waals surface area contributed by atoms with Gasteiger partial charge in [-0.2, -0.15) is 0 Å². The minimum absolute atomic E-state index is 0.0212. The van der Waals surface area contributed by atoms with Crippen LogP contribution in [0, 0.1) is 6.92 Å². The molecule has 0 aliphatic carbocycles. The Morgan fingerprint density at radius 1 is 0.463 bits per heavy atom. The molecule has 12 rings (SSSR count). The Balaban J connectivity index is 0.000000112. The smallest absolute Gasteiger partial charge is 0.267 e. The second-order valence-corrected chi connectivity index (χ2v) is 22.1. The van der Waals surface area contributed by atoms with Crippen LogP contribution in [0.25, 0.3) is 46.9 Å². The van der Waals surface area contributed by atoms with Crippen molar-refractivity contribution in [1.82, 2.24) is 11.5 Å². The molecule has 67 heavy (non-hydrogen) atoms. The van der Waals surface area contributed by atoms with Crippen molar-refractivity contribution >= 4 is 109 Å². The predicted molar refractivity (Wildman–Crippen MR) is 277 cm³/mol. The van der Waals surface area contributed by atoms with Gasteiger partial charge in [0.1, 0.15) is 0 Å². The molecule has 1 aliphatic rings. The zero-order valence-electron chi connectivity index (χ0n) is 35.5. The molecular formula is C53H37ClN4O5S2Se2. The van der Waals surface area contributed by atoms with Crippen molar-refractivity contribution in [1.29, 1.82) is 0 Å². The Hall–Kier alpha value is -6.79. The second-order valence-electron chi connectivity index (χ2n) is 14.9. The number of benzene rings is 8. The first-order chi connectivity index (χ1) is 32.7. The van der Waals surface area contributed by atoms with Gasteiger partial charge in [0.25, 0.3) is 11.1 Å². The Morgan fingerprint density at radius 2 is 0.925 bits per heavy atom. The molecule has 0 saturated carbocycles. The number of aromatic nitrogens is 3. The zero-order chi connectivity index (χ0) is 46.4. The van der Waals surface area contributed by atoms with Crippen LogP contribution in [0.1, 0.15) is 15.9 Å². The summed E-state index contributed by atoms with van der Waals surface area (Å²) in [4.78, 5) is 48.6. The van der Waals surface area contributed by atoms with Crippen molar-refractivity contribution in [2.75, 3.05) is 3.92 Å². The minimum atomic E-state index is -2.47. The van der Waals surface area contributed by atoms with E-state index < -0.39 is 14.1 Å². The van der Waals surface area contributed by atoms with Crippen molar-refractivity contribution in [2.24, 2.45) is 0 Å². The summed E-state index contributed by atoms with van der Waals surface area (Å²) in [6.45, 7) is 2.04. The number of carbonyl (C=O) groups is 1. The van der Waals surface area contributed by atoms with Crippen molar-refractivity contribution in [3.05, 3.63) is 253 Å². The van der Waals surface area contributed by atoms with Gasteiger partial charge in [-0.1, -0.05) is 76.6 Å². The van der Waals surface area contributed by atoms with E-state index in [2.05, 4.69) is 0 Å². The fourth-order valence-electron chi connectivity index (χ4n) is 7.10. The number of rotatable bonds is 4. The number of amides is 1. The van der Waals surface area contributed by atoms with Gasteiger partial charge >= 0.3 is 201 Å². The predicted octanol–water partition coefficient (Wildman–Crippen LogP) is 10.6. The van der Waals surface area contributed by atoms with E-state index in [1.165, 1.54) is 36.8 Å². The van der Waals surface area contributed by atoms with Gasteiger partial charge in [0.15, 0.2) is 0 Å². The summed E-state index contributed by atoms with van der Waals surface area (Å²) >= 11 is 6.38. The molecule has 11 aromatic rings. The average Bonchev–Trinajstić information content (AvgIpc) is 4.09. The molecule has 0 saturated heterocycles. The van der Waals surface area contributed by atoms with Gasteiger partial charge in [0.2, 0.25) is 0 Å². The molecule has 1 amide bonds. The zero-order valence-corrected chi connectivity index (χ0v) is 41.3. The van der Waals surface area contributed by atoms with Crippen LogP contribution in [-0.2, 0) is 3.83 Å². The summed E-state index contributed by atoms with van der Waals surface area (Å²) in [6.07, 6.45) is 0. The summed E-state index contributed by atoms with van der Waals surface area (Å²) in [6, 6.07) is 64.5. The third kappa shape index (κ3) is 9.72. The van der Waals surface area contributed by atoms with E-state index in [4.69, 9.17) is 11.6 Å². The number of hydrogen-bond donors (Lipinski definition) is 0. The molecule has 0 bridgehead atoms. The number of hydrogen-bond acceptors (Lipinski definition) is 7.